The summed E-state index contributed by atoms with van der Waals surface area (Å²) in [5.41, 5.74) is 1.15. The van der Waals surface area contributed by atoms with Crippen LogP contribution >= 0.6 is 15.9 Å². The zero-order valence-corrected chi connectivity index (χ0v) is 9.17. The molecular weight excluding hydrogens is 232 g/mol. The van der Waals surface area contributed by atoms with E-state index in [2.05, 4.69) is 26.2 Å². The number of rotatable bonds is 5. The zero-order valence-electron chi connectivity index (χ0n) is 7.59. The third-order valence-electron chi connectivity index (χ3n) is 1.55. The smallest absolute Gasteiger partial charge is 0.213 e. The quantitative estimate of drug-likeness (QED) is 0.631. The summed E-state index contributed by atoms with van der Waals surface area (Å²) in [6.45, 7) is 1.49. The van der Waals surface area contributed by atoms with Crippen molar-refractivity contribution in [3.63, 3.8) is 0 Å². The minimum Gasteiger partial charge on any atom is -0.476 e. The molecule has 72 valence electrons. The Hall–Kier alpha value is -0.610. The molecule has 0 bridgehead atoms. The SMILES string of the molecule is CNCCOc1ccc(CBr)cn1. The van der Waals surface area contributed by atoms with Crippen LogP contribution in [0.3, 0.4) is 0 Å². The van der Waals surface area contributed by atoms with Crippen molar-refractivity contribution in [1.29, 1.82) is 0 Å². The van der Waals surface area contributed by atoms with Gasteiger partial charge in [-0.1, -0.05) is 22.0 Å². The van der Waals surface area contributed by atoms with Crippen LogP contribution in [0.2, 0.25) is 0 Å². The molecule has 0 aliphatic rings. The highest BCUT2D eigenvalue weighted by atomic mass is 79.9. The Balaban J connectivity index is 2.40. The molecule has 0 saturated carbocycles. The maximum atomic E-state index is 5.36. The van der Waals surface area contributed by atoms with E-state index in [1.54, 1.807) is 0 Å². The predicted molar refractivity (Wildman–Crippen MR) is 56.3 cm³/mol. The van der Waals surface area contributed by atoms with E-state index in [1.807, 2.05) is 25.4 Å². The van der Waals surface area contributed by atoms with Gasteiger partial charge in [0.15, 0.2) is 0 Å². The van der Waals surface area contributed by atoms with E-state index in [0.29, 0.717) is 12.5 Å². The summed E-state index contributed by atoms with van der Waals surface area (Å²) in [5.74, 6) is 0.681. The molecule has 0 spiro atoms. The Morgan fingerprint density at radius 2 is 2.38 bits per heavy atom. The van der Waals surface area contributed by atoms with Crippen molar-refractivity contribution in [2.45, 2.75) is 5.33 Å². The van der Waals surface area contributed by atoms with Crippen molar-refractivity contribution in [2.75, 3.05) is 20.2 Å². The lowest BCUT2D eigenvalue weighted by Crippen LogP contribution is -2.16. The van der Waals surface area contributed by atoms with E-state index < -0.39 is 0 Å². The van der Waals surface area contributed by atoms with Gasteiger partial charge in [-0.05, 0) is 12.6 Å². The van der Waals surface area contributed by atoms with E-state index in [0.717, 1.165) is 17.4 Å². The molecule has 0 aliphatic heterocycles. The van der Waals surface area contributed by atoms with E-state index in [9.17, 15) is 0 Å². The number of ether oxygens (including phenoxy) is 1. The fourth-order valence-corrected chi connectivity index (χ4v) is 1.16. The minimum absolute atomic E-state index is 0.650. The zero-order chi connectivity index (χ0) is 9.52. The average molecular weight is 245 g/mol. The fourth-order valence-electron chi connectivity index (χ4n) is 0.833. The van der Waals surface area contributed by atoms with Crippen LogP contribution in [0.25, 0.3) is 0 Å². The molecule has 0 fully saturated rings. The summed E-state index contributed by atoms with van der Waals surface area (Å²) in [6, 6.07) is 3.88. The lowest BCUT2D eigenvalue weighted by Gasteiger charge is -2.04. The highest BCUT2D eigenvalue weighted by molar-refractivity contribution is 9.08. The molecule has 0 atom stereocenters. The Bertz CT molecular complexity index is 238. The molecule has 1 rings (SSSR count). The van der Waals surface area contributed by atoms with E-state index in [4.69, 9.17) is 4.74 Å². The second kappa shape index (κ2) is 5.94. The number of aromatic nitrogens is 1. The molecule has 0 saturated heterocycles. The predicted octanol–water partition coefficient (Wildman–Crippen LogP) is 1.57. The third-order valence-corrected chi connectivity index (χ3v) is 2.20. The number of halogens is 1. The summed E-state index contributed by atoms with van der Waals surface area (Å²) < 4.78 is 5.36. The summed E-state index contributed by atoms with van der Waals surface area (Å²) in [7, 11) is 1.89. The summed E-state index contributed by atoms with van der Waals surface area (Å²) in [4.78, 5) is 4.14. The van der Waals surface area contributed by atoms with Crippen LogP contribution in [0, 0.1) is 0 Å². The number of pyridine rings is 1. The van der Waals surface area contributed by atoms with Crippen LogP contribution < -0.4 is 10.1 Å². The molecule has 4 heteroatoms. The van der Waals surface area contributed by atoms with Crippen LogP contribution in [-0.2, 0) is 5.33 Å². The van der Waals surface area contributed by atoms with Crippen molar-refractivity contribution in [3.05, 3.63) is 23.9 Å². The van der Waals surface area contributed by atoms with Crippen LogP contribution in [0.4, 0.5) is 0 Å². The molecule has 0 aromatic carbocycles. The normalized spacial score (nSPS) is 10.0. The maximum Gasteiger partial charge on any atom is 0.213 e. The monoisotopic (exact) mass is 244 g/mol. The van der Waals surface area contributed by atoms with Crippen molar-refractivity contribution >= 4 is 15.9 Å². The Morgan fingerprint density at radius 3 is 2.92 bits per heavy atom. The van der Waals surface area contributed by atoms with Crippen molar-refractivity contribution in [2.24, 2.45) is 0 Å². The second-order valence-electron chi connectivity index (χ2n) is 2.59. The number of likely N-dealkylation sites (N-methyl/N-ethyl adjacent to an activating group) is 1. The van der Waals surface area contributed by atoms with Crippen molar-refractivity contribution < 1.29 is 4.74 Å². The number of hydrogen-bond donors (Lipinski definition) is 1. The van der Waals surface area contributed by atoms with Crippen LogP contribution in [0.1, 0.15) is 5.56 Å². The van der Waals surface area contributed by atoms with Crippen LogP contribution in [0.5, 0.6) is 5.88 Å². The van der Waals surface area contributed by atoms with E-state index in [1.165, 1.54) is 0 Å². The Kier molecular flexibility index (Phi) is 4.78. The first-order valence-electron chi connectivity index (χ1n) is 4.15. The highest BCUT2D eigenvalue weighted by Gasteiger charge is 1.94. The Morgan fingerprint density at radius 1 is 1.54 bits per heavy atom. The van der Waals surface area contributed by atoms with Crippen molar-refractivity contribution in [3.8, 4) is 5.88 Å². The van der Waals surface area contributed by atoms with Gasteiger partial charge in [0.05, 0.1) is 0 Å². The third kappa shape index (κ3) is 3.74. The summed E-state index contributed by atoms with van der Waals surface area (Å²) in [5, 5.41) is 3.83. The van der Waals surface area contributed by atoms with Gasteiger partial charge in [-0.3, -0.25) is 0 Å². The van der Waals surface area contributed by atoms with Gasteiger partial charge >= 0.3 is 0 Å². The lowest BCUT2D eigenvalue weighted by atomic mass is 10.3. The van der Waals surface area contributed by atoms with Crippen LogP contribution in [-0.4, -0.2) is 25.2 Å². The number of nitrogens with zero attached hydrogens (tertiary/aromatic N) is 1. The molecule has 1 aromatic rings. The van der Waals surface area contributed by atoms with Gasteiger partial charge in [-0.2, -0.15) is 0 Å². The van der Waals surface area contributed by atoms with Gasteiger partial charge in [0.2, 0.25) is 5.88 Å². The fraction of sp³-hybridized carbons (Fsp3) is 0.444. The lowest BCUT2D eigenvalue weighted by molar-refractivity contribution is 0.306. The molecule has 3 nitrogen and oxygen atoms in total. The first kappa shape index (κ1) is 10.5. The van der Waals surface area contributed by atoms with Gasteiger partial charge in [0.25, 0.3) is 0 Å². The highest BCUT2D eigenvalue weighted by Crippen LogP contribution is 2.09. The standard InChI is InChI=1S/C9H13BrN2O/c1-11-4-5-13-9-3-2-8(6-10)7-12-9/h2-3,7,11H,4-6H2,1H3. The van der Waals surface area contributed by atoms with Crippen molar-refractivity contribution in [1.82, 2.24) is 10.3 Å². The van der Waals surface area contributed by atoms with Gasteiger partial charge in [-0.15, -0.1) is 0 Å². The van der Waals surface area contributed by atoms with Gasteiger partial charge in [0.1, 0.15) is 6.61 Å². The molecule has 1 heterocycles. The van der Waals surface area contributed by atoms with E-state index >= 15 is 0 Å². The molecule has 0 unspecified atom stereocenters. The van der Waals surface area contributed by atoms with Gasteiger partial charge < -0.3 is 10.1 Å². The molecule has 0 radical (unpaired) electrons. The molecule has 13 heavy (non-hydrogen) atoms. The topological polar surface area (TPSA) is 34.1 Å². The number of alkyl halides is 1. The molecule has 0 aliphatic carbocycles. The maximum absolute atomic E-state index is 5.36. The van der Waals surface area contributed by atoms with Crippen LogP contribution in [0.15, 0.2) is 18.3 Å². The number of nitrogens with one attached hydrogen (secondary N) is 1. The van der Waals surface area contributed by atoms with Gasteiger partial charge in [0, 0.05) is 24.1 Å². The largest absolute Gasteiger partial charge is 0.476 e. The molecule has 1 N–H and O–H groups in total. The van der Waals surface area contributed by atoms with E-state index in [-0.39, 0.29) is 0 Å². The average Bonchev–Trinajstić information content (AvgIpc) is 2.19. The first-order chi connectivity index (χ1) is 6.36. The molecule has 0 amide bonds. The van der Waals surface area contributed by atoms with Gasteiger partial charge in [-0.25, -0.2) is 4.98 Å². The second-order valence-corrected chi connectivity index (χ2v) is 3.15. The minimum atomic E-state index is 0.650. The summed E-state index contributed by atoms with van der Waals surface area (Å²) >= 11 is 3.36. The Labute approximate surface area is 86.6 Å². The summed E-state index contributed by atoms with van der Waals surface area (Å²) in [6.07, 6.45) is 1.81. The number of hydrogen-bond acceptors (Lipinski definition) is 3. The first-order valence-corrected chi connectivity index (χ1v) is 5.27. The molecular formula is C9H13BrN2O. The molecule has 1 aromatic heterocycles.